The number of ether oxygens (including phenoxy) is 2. The normalized spacial score (nSPS) is 10.1. The van der Waals surface area contributed by atoms with Crippen LogP contribution in [0.3, 0.4) is 0 Å². The minimum atomic E-state index is -0.769. The van der Waals surface area contributed by atoms with Crippen LogP contribution in [0.15, 0.2) is 0 Å². The number of thiophene rings is 1. The van der Waals surface area contributed by atoms with E-state index < -0.39 is 24.5 Å². The van der Waals surface area contributed by atoms with Gasteiger partial charge in [-0.25, -0.2) is 9.59 Å². The number of amides is 4. The van der Waals surface area contributed by atoms with E-state index >= 15 is 0 Å². The molecule has 0 bridgehead atoms. The molecule has 0 aromatic carbocycles. The van der Waals surface area contributed by atoms with Crippen molar-refractivity contribution < 1.29 is 28.7 Å². The summed E-state index contributed by atoms with van der Waals surface area (Å²) in [5.74, 6) is -1.84. The van der Waals surface area contributed by atoms with Gasteiger partial charge in [0.1, 0.15) is 5.00 Å². The lowest BCUT2D eigenvalue weighted by Gasteiger charge is -2.08. The number of imide groups is 1. The van der Waals surface area contributed by atoms with Gasteiger partial charge in [-0.3, -0.25) is 14.9 Å². The van der Waals surface area contributed by atoms with E-state index in [-0.39, 0.29) is 18.0 Å². The smallest absolute Gasteiger partial charge is 0.341 e. The molecule has 1 aromatic rings. The molecule has 0 radical (unpaired) electrons. The molecule has 0 saturated carbocycles. The maximum absolute atomic E-state index is 12.2. The van der Waals surface area contributed by atoms with Crippen molar-refractivity contribution in [1.29, 1.82) is 0 Å². The van der Waals surface area contributed by atoms with Gasteiger partial charge in [0.05, 0.1) is 12.2 Å². The van der Waals surface area contributed by atoms with E-state index in [2.05, 4.69) is 10.6 Å². The topological polar surface area (TPSA) is 123 Å². The first-order valence-electron chi connectivity index (χ1n) is 7.37. The van der Waals surface area contributed by atoms with Crippen LogP contribution in [0, 0.1) is 13.8 Å². The second-order valence-electron chi connectivity index (χ2n) is 5.04. The Morgan fingerprint density at radius 2 is 1.84 bits per heavy atom. The molecule has 0 aliphatic heterocycles. The van der Waals surface area contributed by atoms with E-state index in [9.17, 15) is 19.2 Å². The zero-order valence-electron chi connectivity index (χ0n) is 14.5. The third-order valence-corrected chi connectivity index (χ3v) is 4.18. The summed E-state index contributed by atoms with van der Waals surface area (Å²) in [7, 11) is 1.48. The van der Waals surface area contributed by atoms with Crippen LogP contribution in [-0.2, 0) is 19.1 Å². The lowest BCUT2D eigenvalue weighted by Crippen LogP contribution is -2.42. The third-order valence-electron chi connectivity index (χ3n) is 3.06. The summed E-state index contributed by atoms with van der Waals surface area (Å²) < 4.78 is 9.68. The van der Waals surface area contributed by atoms with Gasteiger partial charge < -0.3 is 20.1 Å². The summed E-state index contributed by atoms with van der Waals surface area (Å²) in [6, 6.07) is -0.709. The van der Waals surface area contributed by atoms with Crippen molar-refractivity contribution in [2.45, 2.75) is 20.8 Å². The summed E-state index contributed by atoms with van der Waals surface area (Å²) in [5, 5.41) is 7.35. The zero-order valence-corrected chi connectivity index (χ0v) is 15.3. The Balaban J connectivity index is 2.61. The van der Waals surface area contributed by atoms with Crippen LogP contribution in [0.1, 0.15) is 27.7 Å². The first-order chi connectivity index (χ1) is 11.8. The predicted octanol–water partition coefficient (Wildman–Crippen LogP) is 0.952. The SMILES string of the molecule is COCCNC(=O)NC(=O)COC(=O)c1c(NC(C)=O)sc(C)c1C. The van der Waals surface area contributed by atoms with Crippen molar-refractivity contribution in [1.82, 2.24) is 10.6 Å². The highest BCUT2D eigenvalue weighted by molar-refractivity contribution is 7.16. The molecule has 0 atom stereocenters. The monoisotopic (exact) mass is 371 g/mol. The minimum absolute atomic E-state index is 0.204. The molecule has 4 amide bonds. The standard InChI is InChI=1S/C15H21N3O6S/c1-8-9(2)25-13(17-10(3)19)12(8)14(21)24-7-11(20)18-15(22)16-5-6-23-4/h5-7H2,1-4H3,(H,17,19)(H2,16,18,20,22). The van der Waals surface area contributed by atoms with Gasteiger partial charge >= 0.3 is 12.0 Å². The van der Waals surface area contributed by atoms with Gasteiger partial charge in [0.2, 0.25) is 5.91 Å². The highest BCUT2D eigenvalue weighted by atomic mass is 32.1. The predicted molar refractivity (Wildman–Crippen MR) is 91.8 cm³/mol. The number of carbonyl (C=O) groups is 4. The Bertz CT molecular complexity index is 670. The van der Waals surface area contributed by atoms with Crippen LogP contribution < -0.4 is 16.0 Å². The van der Waals surface area contributed by atoms with Gasteiger partial charge in [-0.1, -0.05) is 0 Å². The molecular formula is C15H21N3O6S. The van der Waals surface area contributed by atoms with E-state index in [1.807, 2.05) is 5.32 Å². The van der Waals surface area contributed by atoms with E-state index in [4.69, 9.17) is 9.47 Å². The van der Waals surface area contributed by atoms with Gasteiger partial charge in [-0.05, 0) is 19.4 Å². The van der Waals surface area contributed by atoms with Gasteiger partial charge in [0.15, 0.2) is 6.61 Å². The highest BCUT2D eigenvalue weighted by Gasteiger charge is 2.22. The third kappa shape index (κ3) is 6.51. The lowest BCUT2D eigenvalue weighted by atomic mass is 10.1. The molecule has 1 aromatic heterocycles. The van der Waals surface area contributed by atoms with Crippen LogP contribution in [0.2, 0.25) is 0 Å². The molecule has 0 fully saturated rings. The first-order valence-corrected chi connectivity index (χ1v) is 8.19. The number of anilines is 1. The molecule has 0 spiro atoms. The molecule has 3 N–H and O–H groups in total. The summed E-state index contributed by atoms with van der Waals surface area (Å²) in [6.07, 6.45) is 0. The fourth-order valence-corrected chi connectivity index (χ4v) is 2.89. The number of nitrogens with one attached hydrogen (secondary N) is 3. The molecule has 9 nitrogen and oxygen atoms in total. The van der Waals surface area contributed by atoms with E-state index in [0.29, 0.717) is 17.2 Å². The lowest BCUT2D eigenvalue weighted by molar-refractivity contribution is -0.123. The quantitative estimate of drug-likeness (QED) is 0.484. The van der Waals surface area contributed by atoms with Crippen molar-refractivity contribution in [2.75, 3.05) is 32.2 Å². The Morgan fingerprint density at radius 3 is 2.44 bits per heavy atom. The maximum atomic E-state index is 12.2. The van der Waals surface area contributed by atoms with Gasteiger partial charge in [-0.2, -0.15) is 0 Å². The number of methoxy groups -OCH3 is 1. The van der Waals surface area contributed by atoms with Crippen LogP contribution in [0.25, 0.3) is 0 Å². The van der Waals surface area contributed by atoms with Gasteiger partial charge in [0, 0.05) is 25.5 Å². The Morgan fingerprint density at radius 1 is 1.16 bits per heavy atom. The fraction of sp³-hybridized carbons (Fsp3) is 0.467. The minimum Gasteiger partial charge on any atom is -0.452 e. The van der Waals surface area contributed by atoms with Crippen molar-refractivity contribution >= 4 is 40.2 Å². The van der Waals surface area contributed by atoms with Crippen LogP contribution in [0.5, 0.6) is 0 Å². The molecule has 10 heteroatoms. The van der Waals surface area contributed by atoms with Gasteiger partial charge in [-0.15, -0.1) is 11.3 Å². The van der Waals surface area contributed by atoms with Crippen molar-refractivity contribution in [3.63, 3.8) is 0 Å². The van der Waals surface area contributed by atoms with Crippen LogP contribution in [-0.4, -0.2) is 50.7 Å². The number of urea groups is 1. The summed E-state index contributed by atoms with van der Waals surface area (Å²) in [4.78, 5) is 47.3. The van der Waals surface area contributed by atoms with Crippen molar-refractivity contribution in [2.24, 2.45) is 0 Å². The fourth-order valence-electron chi connectivity index (χ4n) is 1.80. The molecule has 0 aliphatic rings. The molecular weight excluding hydrogens is 350 g/mol. The zero-order chi connectivity index (χ0) is 19.0. The number of hydrogen-bond acceptors (Lipinski definition) is 7. The van der Waals surface area contributed by atoms with E-state index in [0.717, 1.165) is 4.88 Å². The Kier molecular flexibility index (Phi) is 8.02. The maximum Gasteiger partial charge on any atom is 0.341 e. The molecule has 1 rings (SSSR count). The molecule has 138 valence electrons. The molecule has 0 unspecified atom stereocenters. The molecule has 0 saturated heterocycles. The first kappa shape index (κ1) is 20.6. The summed E-state index contributed by atoms with van der Waals surface area (Å²) in [5.41, 5.74) is 0.867. The average molecular weight is 371 g/mol. The number of carbonyl (C=O) groups excluding carboxylic acids is 4. The van der Waals surface area contributed by atoms with Crippen LogP contribution >= 0.6 is 11.3 Å². The second kappa shape index (κ2) is 9.74. The second-order valence-corrected chi connectivity index (χ2v) is 6.27. The number of esters is 1. The summed E-state index contributed by atoms with van der Waals surface area (Å²) in [6.45, 7) is 4.78. The summed E-state index contributed by atoms with van der Waals surface area (Å²) >= 11 is 1.24. The number of hydrogen-bond donors (Lipinski definition) is 3. The Hall–Kier alpha value is -2.46. The molecule has 25 heavy (non-hydrogen) atoms. The highest BCUT2D eigenvalue weighted by Crippen LogP contribution is 2.32. The van der Waals surface area contributed by atoms with Crippen molar-refractivity contribution in [3.05, 3.63) is 16.0 Å². The molecule has 1 heterocycles. The largest absolute Gasteiger partial charge is 0.452 e. The number of rotatable bonds is 7. The molecule has 0 aliphatic carbocycles. The van der Waals surface area contributed by atoms with E-state index in [1.165, 1.54) is 25.4 Å². The Labute approximate surface area is 149 Å². The number of aryl methyl sites for hydroxylation is 1. The van der Waals surface area contributed by atoms with Gasteiger partial charge in [0.25, 0.3) is 5.91 Å². The van der Waals surface area contributed by atoms with Crippen molar-refractivity contribution in [3.8, 4) is 0 Å². The van der Waals surface area contributed by atoms with E-state index in [1.54, 1.807) is 13.8 Å². The van der Waals surface area contributed by atoms with Crippen LogP contribution in [0.4, 0.5) is 9.80 Å². The average Bonchev–Trinajstić information content (AvgIpc) is 2.79.